The highest BCUT2D eigenvalue weighted by Crippen LogP contribution is 2.39. The van der Waals surface area contributed by atoms with Crippen molar-refractivity contribution in [2.45, 2.75) is 36.7 Å². The number of amides is 1. The number of thioether (sulfide) groups is 1. The Morgan fingerprint density at radius 1 is 1.30 bits per heavy atom. The first-order valence-corrected chi connectivity index (χ1v) is 10.8. The van der Waals surface area contributed by atoms with Crippen LogP contribution in [0.25, 0.3) is 0 Å². The van der Waals surface area contributed by atoms with Crippen LogP contribution in [0.3, 0.4) is 0 Å². The Morgan fingerprint density at radius 3 is 2.83 bits per heavy atom. The summed E-state index contributed by atoms with van der Waals surface area (Å²) in [6, 6.07) is 12.9. The molecular formula is C21H22ClN5O2S. The van der Waals surface area contributed by atoms with E-state index in [4.69, 9.17) is 16.3 Å². The molecule has 0 fully saturated rings. The van der Waals surface area contributed by atoms with Crippen LogP contribution in [-0.2, 0) is 11.2 Å². The Kier molecular flexibility index (Phi) is 5.87. The number of ether oxygens (including phenoxy) is 1. The van der Waals surface area contributed by atoms with Crippen molar-refractivity contribution < 1.29 is 9.53 Å². The highest BCUT2D eigenvalue weighted by atomic mass is 35.5. The van der Waals surface area contributed by atoms with E-state index in [1.165, 1.54) is 11.8 Å². The molecule has 0 bridgehead atoms. The minimum Gasteiger partial charge on any atom is -0.495 e. The fraction of sp³-hybridized carbons (Fsp3) is 0.286. The molecule has 3 aromatic rings. The van der Waals surface area contributed by atoms with Crippen LogP contribution in [0.15, 0.2) is 47.6 Å². The number of hydrogen-bond acceptors (Lipinski definition) is 6. The topological polar surface area (TPSA) is 81.1 Å². The summed E-state index contributed by atoms with van der Waals surface area (Å²) in [6.07, 6.45) is 0.719. The van der Waals surface area contributed by atoms with Gasteiger partial charge >= 0.3 is 0 Å². The van der Waals surface area contributed by atoms with Crippen LogP contribution < -0.4 is 15.5 Å². The zero-order valence-corrected chi connectivity index (χ0v) is 18.4. The van der Waals surface area contributed by atoms with Crippen molar-refractivity contribution in [1.82, 2.24) is 14.9 Å². The zero-order chi connectivity index (χ0) is 21.3. The molecule has 0 radical (unpaired) electrons. The van der Waals surface area contributed by atoms with Gasteiger partial charge in [0, 0.05) is 12.1 Å². The van der Waals surface area contributed by atoms with Crippen LogP contribution in [0.1, 0.15) is 29.9 Å². The zero-order valence-electron chi connectivity index (χ0n) is 16.8. The first-order chi connectivity index (χ1) is 14.5. The number of aromatic nitrogens is 3. The molecule has 1 aliphatic heterocycles. The lowest BCUT2D eigenvalue weighted by molar-refractivity contribution is -0.116. The van der Waals surface area contributed by atoms with Crippen LogP contribution >= 0.6 is 23.4 Å². The van der Waals surface area contributed by atoms with Gasteiger partial charge in [-0.15, -0.1) is 10.2 Å². The first-order valence-electron chi connectivity index (χ1n) is 9.58. The van der Waals surface area contributed by atoms with Crippen LogP contribution in [0.4, 0.5) is 5.69 Å². The third kappa shape index (κ3) is 3.97. The molecule has 0 saturated carbocycles. The molecule has 2 heterocycles. The number of aryl methyl sites for hydroxylation is 2. The monoisotopic (exact) mass is 443 g/mol. The van der Waals surface area contributed by atoms with Gasteiger partial charge in [-0.05, 0) is 42.3 Å². The number of rotatable bonds is 5. The minimum atomic E-state index is -0.476. The van der Waals surface area contributed by atoms with Crippen molar-refractivity contribution in [3.63, 3.8) is 0 Å². The normalized spacial score (nSPS) is 17.7. The number of benzene rings is 2. The number of halogens is 1. The van der Waals surface area contributed by atoms with Gasteiger partial charge in [0.25, 0.3) is 0 Å². The van der Waals surface area contributed by atoms with Gasteiger partial charge in [-0.1, -0.05) is 48.5 Å². The lowest BCUT2D eigenvalue weighted by Gasteiger charge is -2.33. The standard InChI is InChI=1S/C21H22ClN5O2S/c1-4-17-24-25-21-27(17)26-18(13-8-9-16(29-3)15(22)11-13)19(30-21)20(28)23-14-7-5-6-12(2)10-14/h5-11,18-19,26H,4H2,1-3H3,(H,23,28)/t18-,19-/m0/s1. The van der Waals surface area contributed by atoms with Gasteiger partial charge in [-0.25, -0.2) is 4.68 Å². The third-order valence-corrected chi connectivity index (χ3v) is 6.41. The highest BCUT2D eigenvalue weighted by Gasteiger charge is 2.38. The summed E-state index contributed by atoms with van der Waals surface area (Å²) in [5, 5.41) is 12.2. The van der Waals surface area contributed by atoms with E-state index in [0.717, 1.165) is 29.1 Å². The first kappa shape index (κ1) is 20.6. The second kappa shape index (κ2) is 8.57. The molecule has 2 aromatic carbocycles. The fourth-order valence-electron chi connectivity index (χ4n) is 3.39. The maximum Gasteiger partial charge on any atom is 0.240 e. The summed E-state index contributed by atoms with van der Waals surface area (Å²) >= 11 is 7.75. The average molecular weight is 444 g/mol. The molecule has 1 aliphatic rings. The largest absolute Gasteiger partial charge is 0.495 e. The molecule has 30 heavy (non-hydrogen) atoms. The van der Waals surface area contributed by atoms with Gasteiger partial charge in [0.15, 0.2) is 5.82 Å². The summed E-state index contributed by atoms with van der Waals surface area (Å²) in [5.41, 5.74) is 6.13. The average Bonchev–Trinajstić information content (AvgIpc) is 3.15. The molecule has 2 N–H and O–H groups in total. The molecule has 0 spiro atoms. The predicted molar refractivity (Wildman–Crippen MR) is 119 cm³/mol. The summed E-state index contributed by atoms with van der Waals surface area (Å²) in [6.45, 7) is 4.00. The van der Waals surface area contributed by atoms with Crippen LogP contribution in [0.2, 0.25) is 5.02 Å². The van der Waals surface area contributed by atoms with Gasteiger partial charge in [0.05, 0.1) is 18.2 Å². The van der Waals surface area contributed by atoms with Crippen molar-refractivity contribution in [3.8, 4) is 5.75 Å². The van der Waals surface area contributed by atoms with Gasteiger partial charge in [0.2, 0.25) is 11.1 Å². The Bertz CT molecular complexity index is 1090. The van der Waals surface area contributed by atoms with Gasteiger partial charge in [0.1, 0.15) is 11.0 Å². The van der Waals surface area contributed by atoms with E-state index < -0.39 is 5.25 Å². The maximum absolute atomic E-state index is 13.3. The number of methoxy groups -OCH3 is 1. The number of hydrogen-bond donors (Lipinski definition) is 2. The van der Waals surface area contributed by atoms with Crippen molar-refractivity contribution in [2.24, 2.45) is 0 Å². The Balaban J connectivity index is 1.69. The summed E-state index contributed by atoms with van der Waals surface area (Å²) in [4.78, 5) is 13.3. The molecule has 0 aliphatic carbocycles. The molecule has 9 heteroatoms. The number of carbonyl (C=O) groups is 1. The van der Waals surface area contributed by atoms with Crippen LogP contribution in [0.5, 0.6) is 5.75 Å². The second-order valence-electron chi connectivity index (χ2n) is 6.99. The van der Waals surface area contributed by atoms with E-state index in [2.05, 4.69) is 20.9 Å². The quantitative estimate of drug-likeness (QED) is 0.614. The van der Waals surface area contributed by atoms with E-state index in [0.29, 0.717) is 15.9 Å². The van der Waals surface area contributed by atoms with E-state index in [1.807, 2.05) is 61.0 Å². The molecule has 0 unspecified atom stereocenters. The Hall–Kier alpha value is -2.71. The Morgan fingerprint density at radius 2 is 2.13 bits per heavy atom. The summed E-state index contributed by atoms with van der Waals surface area (Å²) in [5.74, 6) is 1.27. The van der Waals surface area contributed by atoms with Gasteiger partial charge in [-0.2, -0.15) is 0 Å². The van der Waals surface area contributed by atoms with Crippen LogP contribution in [0, 0.1) is 6.92 Å². The lowest BCUT2D eigenvalue weighted by atomic mass is 10.0. The van der Waals surface area contributed by atoms with Gasteiger partial charge < -0.3 is 15.5 Å². The minimum absolute atomic E-state index is 0.123. The highest BCUT2D eigenvalue weighted by molar-refractivity contribution is 8.00. The van der Waals surface area contributed by atoms with Gasteiger partial charge in [-0.3, -0.25) is 4.79 Å². The van der Waals surface area contributed by atoms with Crippen molar-refractivity contribution in [3.05, 3.63) is 64.4 Å². The number of carbonyl (C=O) groups excluding carboxylic acids is 1. The van der Waals surface area contributed by atoms with E-state index >= 15 is 0 Å². The predicted octanol–water partition coefficient (Wildman–Crippen LogP) is 4.21. The Labute approximate surface area is 184 Å². The molecule has 4 rings (SSSR count). The molecule has 1 amide bonds. The molecule has 0 saturated heterocycles. The molecule has 1 aromatic heterocycles. The van der Waals surface area contributed by atoms with E-state index in [-0.39, 0.29) is 11.9 Å². The second-order valence-corrected chi connectivity index (χ2v) is 8.50. The van der Waals surface area contributed by atoms with E-state index in [9.17, 15) is 4.79 Å². The number of nitrogens with one attached hydrogen (secondary N) is 2. The number of nitrogens with zero attached hydrogens (tertiary/aromatic N) is 3. The molecule has 156 valence electrons. The lowest BCUT2D eigenvalue weighted by Crippen LogP contribution is -2.41. The van der Waals surface area contributed by atoms with Crippen molar-refractivity contribution >= 4 is 35.0 Å². The van der Waals surface area contributed by atoms with Crippen LogP contribution in [-0.4, -0.2) is 33.1 Å². The van der Waals surface area contributed by atoms with Crippen molar-refractivity contribution in [2.75, 3.05) is 17.9 Å². The SMILES string of the molecule is CCc1nnc2n1N[C@@H](c1ccc(OC)c(Cl)c1)[C@@H](C(=O)Nc1cccc(C)c1)S2. The van der Waals surface area contributed by atoms with Crippen molar-refractivity contribution in [1.29, 1.82) is 0 Å². The fourth-order valence-corrected chi connectivity index (χ4v) is 4.75. The number of fused-ring (bicyclic) bond motifs is 1. The third-order valence-electron chi connectivity index (χ3n) is 4.90. The maximum atomic E-state index is 13.3. The molecule has 2 atom stereocenters. The number of anilines is 1. The smallest absolute Gasteiger partial charge is 0.240 e. The molecule has 7 nitrogen and oxygen atoms in total. The summed E-state index contributed by atoms with van der Waals surface area (Å²) in [7, 11) is 1.57. The molecular weight excluding hydrogens is 422 g/mol. The van der Waals surface area contributed by atoms with E-state index in [1.54, 1.807) is 7.11 Å². The summed E-state index contributed by atoms with van der Waals surface area (Å²) < 4.78 is 7.12.